The van der Waals surface area contributed by atoms with Crippen molar-refractivity contribution in [3.8, 4) is 16.9 Å². The molecule has 0 fully saturated rings. The van der Waals surface area contributed by atoms with E-state index in [2.05, 4.69) is 0 Å². The average molecular weight is 217 g/mol. The van der Waals surface area contributed by atoms with Gasteiger partial charge in [0.2, 0.25) is 0 Å². The van der Waals surface area contributed by atoms with Crippen LogP contribution in [0.15, 0.2) is 41.0 Å². The van der Waals surface area contributed by atoms with Crippen molar-refractivity contribution in [2.45, 2.75) is 0 Å². The number of furan rings is 1. The van der Waals surface area contributed by atoms with Crippen LogP contribution in [0.5, 0.6) is 5.75 Å². The molecule has 1 heterocycles. The number of amides is 1. The van der Waals surface area contributed by atoms with Gasteiger partial charge in [-0.05, 0) is 23.8 Å². The SMILES string of the molecule is COc1ccc(-c2ccoc2C(N)=O)cc1. The highest BCUT2D eigenvalue weighted by atomic mass is 16.5. The molecule has 1 aromatic carbocycles. The van der Waals surface area contributed by atoms with Crippen LogP contribution in [0.3, 0.4) is 0 Å². The van der Waals surface area contributed by atoms with Crippen molar-refractivity contribution >= 4 is 5.91 Å². The minimum absolute atomic E-state index is 0.171. The Labute approximate surface area is 92.6 Å². The van der Waals surface area contributed by atoms with Crippen molar-refractivity contribution in [3.05, 3.63) is 42.4 Å². The fourth-order valence-electron chi connectivity index (χ4n) is 1.50. The van der Waals surface area contributed by atoms with E-state index >= 15 is 0 Å². The predicted molar refractivity (Wildman–Crippen MR) is 59.2 cm³/mol. The molecule has 0 aliphatic heterocycles. The molecular formula is C12H11NO3. The summed E-state index contributed by atoms with van der Waals surface area (Å²) in [7, 11) is 1.60. The summed E-state index contributed by atoms with van der Waals surface area (Å²) in [5.41, 5.74) is 6.75. The molecule has 16 heavy (non-hydrogen) atoms. The maximum Gasteiger partial charge on any atom is 0.285 e. The minimum atomic E-state index is -0.573. The Hall–Kier alpha value is -2.23. The zero-order valence-corrected chi connectivity index (χ0v) is 8.77. The van der Waals surface area contributed by atoms with Gasteiger partial charge in [0.25, 0.3) is 5.91 Å². The third kappa shape index (κ3) is 1.77. The van der Waals surface area contributed by atoms with Gasteiger partial charge < -0.3 is 14.9 Å². The van der Waals surface area contributed by atoms with E-state index in [1.807, 2.05) is 24.3 Å². The van der Waals surface area contributed by atoms with Crippen LogP contribution in [-0.2, 0) is 0 Å². The third-order valence-electron chi connectivity index (χ3n) is 2.29. The molecule has 0 unspecified atom stereocenters. The second-order valence-corrected chi connectivity index (χ2v) is 3.26. The number of hydrogen-bond acceptors (Lipinski definition) is 3. The second kappa shape index (κ2) is 4.10. The summed E-state index contributed by atoms with van der Waals surface area (Å²) in [6.07, 6.45) is 1.44. The highest BCUT2D eigenvalue weighted by Gasteiger charge is 2.13. The van der Waals surface area contributed by atoms with Crippen LogP contribution in [0.4, 0.5) is 0 Å². The van der Waals surface area contributed by atoms with E-state index in [0.29, 0.717) is 5.56 Å². The lowest BCUT2D eigenvalue weighted by Gasteiger charge is -2.02. The zero-order valence-electron chi connectivity index (χ0n) is 8.77. The monoisotopic (exact) mass is 217 g/mol. The van der Waals surface area contributed by atoms with E-state index in [1.54, 1.807) is 13.2 Å². The van der Waals surface area contributed by atoms with Gasteiger partial charge in [0.15, 0.2) is 5.76 Å². The smallest absolute Gasteiger partial charge is 0.285 e. The predicted octanol–water partition coefficient (Wildman–Crippen LogP) is 2.05. The summed E-state index contributed by atoms with van der Waals surface area (Å²) in [4.78, 5) is 11.1. The summed E-state index contributed by atoms with van der Waals surface area (Å²) in [5, 5.41) is 0. The molecule has 0 spiro atoms. The number of methoxy groups -OCH3 is 1. The standard InChI is InChI=1S/C12H11NO3/c1-15-9-4-2-8(3-5-9)10-6-7-16-11(10)12(13)14/h2-7H,1H3,(H2,13,14). The van der Waals surface area contributed by atoms with Crippen molar-refractivity contribution in [2.24, 2.45) is 5.73 Å². The summed E-state index contributed by atoms with van der Waals surface area (Å²) in [6, 6.07) is 9.02. The van der Waals surface area contributed by atoms with Crippen molar-refractivity contribution in [1.29, 1.82) is 0 Å². The van der Waals surface area contributed by atoms with Crippen LogP contribution in [0, 0.1) is 0 Å². The first-order valence-electron chi connectivity index (χ1n) is 4.74. The Kier molecular flexibility index (Phi) is 2.64. The van der Waals surface area contributed by atoms with Crippen LogP contribution in [-0.4, -0.2) is 13.0 Å². The number of benzene rings is 1. The molecule has 0 bridgehead atoms. The zero-order chi connectivity index (χ0) is 11.5. The van der Waals surface area contributed by atoms with E-state index in [4.69, 9.17) is 14.9 Å². The fraction of sp³-hybridized carbons (Fsp3) is 0.0833. The molecule has 0 aliphatic rings. The summed E-state index contributed by atoms with van der Waals surface area (Å²) < 4.78 is 10.1. The molecular weight excluding hydrogens is 206 g/mol. The average Bonchev–Trinajstić information content (AvgIpc) is 2.78. The molecule has 4 heteroatoms. The molecule has 2 N–H and O–H groups in total. The molecule has 0 atom stereocenters. The number of carbonyl (C=O) groups is 1. The van der Waals surface area contributed by atoms with E-state index in [-0.39, 0.29) is 5.76 Å². The maximum absolute atomic E-state index is 11.1. The van der Waals surface area contributed by atoms with Gasteiger partial charge in [-0.25, -0.2) is 0 Å². The van der Waals surface area contributed by atoms with E-state index in [0.717, 1.165) is 11.3 Å². The Morgan fingerprint density at radius 3 is 2.50 bits per heavy atom. The van der Waals surface area contributed by atoms with Crippen LogP contribution in [0.25, 0.3) is 11.1 Å². The van der Waals surface area contributed by atoms with Gasteiger partial charge in [0.1, 0.15) is 5.75 Å². The number of nitrogens with two attached hydrogens (primary N) is 1. The summed E-state index contributed by atoms with van der Waals surface area (Å²) in [5.74, 6) is 0.355. The lowest BCUT2D eigenvalue weighted by molar-refractivity contribution is 0.0975. The molecule has 0 aliphatic carbocycles. The topological polar surface area (TPSA) is 65.5 Å². The fourth-order valence-corrected chi connectivity index (χ4v) is 1.50. The van der Waals surface area contributed by atoms with Gasteiger partial charge in [-0.2, -0.15) is 0 Å². The normalized spacial score (nSPS) is 10.1. The van der Waals surface area contributed by atoms with Crippen molar-refractivity contribution in [3.63, 3.8) is 0 Å². The Morgan fingerprint density at radius 2 is 1.94 bits per heavy atom. The highest BCUT2D eigenvalue weighted by Crippen LogP contribution is 2.26. The Balaban J connectivity index is 2.42. The van der Waals surface area contributed by atoms with Gasteiger partial charge in [0, 0.05) is 5.56 Å². The van der Waals surface area contributed by atoms with Gasteiger partial charge >= 0.3 is 0 Å². The molecule has 2 aromatic rings. The number of primary amides is 1. The van der Waals surface area contributed by atoms with Gasteiger partial charge in [-0.1, -0.05) is 12.1 Å². The maximum atomic E-state index is 11.1. The van der Waals surface area contributed by atoms with Crippen molar-refractivity contribution in [2.75, 3.05) is 7.11 Å². The Morgan fingerprint density at radius 1 is 1.25 bits per heavy atom. The largest absolute Gasteiger partial charge is 0.497 e. The van der Waals surface area contributed by atoms with E-state index < -0.39 is 5.91 Å². The number of ether oxygens (including phenoxy) is 1. The van der Waals surface area contributed by atoms with E-state index in [9.17, 15) is 4.79 Å². The van der Waals surface area contributed by atoms with Crippen LogP contribution < -0.4 is 10.5 Å². The highest BCUT2D eigenvalue weighted by molar-refractivity contribution is 5.97. The number of rotatable bonds is 3. The number of hydrogen-bond donors (Lipinski definition) is 1. The summed E-state index contributed by atoms with van der Waals surface area (Å²) >= 11 is 0. The van der Waals surface area contributed by atoms with Crippen LogP contribution in [0.2, 0.25) is 0 Å². The molecule has 0 saturated carbocycles. The molecule has 0 radical (unpaired) electrons. The summed E-state index contributed by atoms with van der Waals surface area (Å²) in [6.45, 7) is 0. The molecule has 1 amide bonds. The lowest BCUT2D eigenvalue weighted by Crippen LogP contribution is -2.10. The molecule has 0 saturated heterocycles. The minimum Gasteiger partial charge on any atom is -0.497 e. The molecule has 2 rings (SSSR count). The second-order valence-electron chi connectivity index (χ2n) is 3.26. The first kappa shape index (κ1) is 10.3. The van der Waals surface area contributed by atoms with Gasteiger partial charge in [-0.15, -0.1) is 0 Å². The Bertz CT molecular complexity index is 499. The van der Waals surface area contributed by atoms with Crippen LogP contribution in [0.1, 0.15) is 10.6 Å². The van der Waals surface area contributed by atoms with Crippen LogP contribution >= 0.6 is 0 Å². The first-order chi connectivity index (χ1) is 7.72. The number of carbonyl (C=O) groups excluding carboxylic acids is 1. The quantitative estimate of drug-likeness (QED) is 0.855. The molecule has 4 nitrogen and oxygen atoms in total. The molecule has 82 valence electrons. The third-order valence-corrected chi connectivity index (χ3v) is 2.29. The lowest BCUT2D eigenvalue weighted by atomic mass is 10.1. The van der Waals surface area contributed by atoms with Gasteiger partial charge in [0.05, 0.1) is 13.4 Å². The van der Waals surface area contributed by atoms with Crippen molar-refractivity contribution < 1.29 is 13.9 Å². The van der Waals surface area contributed by atoms with Crippen molar-refractivity contribution in [1.82, 2.24) is 0 Å². The van der Waals surface area contributed by atoms with E-state index in [1.165, 1.54) is 6.26 Å². The first-order valence-corrected chi connectivity index (χ1v) is 4.74. The van der Waals surface area contributed by atoms with Gasteiger partial charge in [-0.3, -0.25) is 4.79 Å². The molecule has 1 aromatic heterocycles.